The van der Waals surface area contributed by atoms with Crippen molar-refractivity contribution < 1.29 is 13.2 Å². The third-order valence-electron chi connectivity index (χ3n) is 4.90. The highest BCUT2D eigenvalue weighted by Crippen LogP contribution is 2.29. The molecule has 1 saturated heterocycles. The first-order valence-corrected chi connectivity index (χ1v) is 11.1. The zero-order chi connectivity index (χ0) is 20.2. The minimum absolute atomic E-state index is 0. The quantitative estimate of drug-likeness (QED) is 0.644. The Balaban J connectivity index is 0.00000392. The normalized spacial score (nSPS) is 18.1. The molecule has 1 amide bonds. The molecular weight excluding hydrogens is 402 g/mol. The molecule has 3 N–H and O–H groups in total. The summed E-state index contributed by atoms with van der Waals surface area (Å²) in [5.74, 6) is 0.233. The van der Waals surface area contributed by atoms with Crippen LogP contribution in [-0.2, 0) is 21.4 Å². The number of aryl methyl sites for hydroxylation is 1. The molecule has 1 aromatic rings. The molecule has 1 aromatic heterocycles. The monoisotopic (exact) mass is 435 g/mol. The van der Waals surface area contributed by atoms with Gasteiger partial charge in [-0.15, -0.1) is 12.4 Å². The minimum atomic E-state index is -3.67. The van der Waals surface area contributed by atoms with Crippen molar-refractivity contribution in [1.82, 2.24) is 19.4 Å². The van der Waals surface area contributed by atoms with Gasteiger partial charge < -0.3 is 11.1 Å². The van der Waals surface area contributed by atoms with Gasteiger partial charge in [-0.1, -0.05) is 20.3 Å². The highest BCUT2D eigenvalue weighted by molar-refractivity contribution is 7.89. The van der Waals surface area contributed by atoms with E-state index in [4.69, 9.17) is 5.73 Å². The lowest BCUT2D eigenvalue weighted by Gasteiger charge is -2.34. The Morgan fingerprint density at radius 3 is 2.61 bits per heavy atom. The molecule has 8 nitrogen and oxygen atoms in total. The molecule has 1 fully saturated rings. The summed E-state index contributed by atoms with van der Waals surface area (Å²) in [6.45, 7) is 9.47. The third-order valence-corrected chi connectivity index (χ3v) is 7.10. The van der Waals surface area contributed by atoms with Crippen LogP contribution in [0.4, 0.5) is 0 Å². The molecule has 2 heterocycles. The highest BCUT2D eigenvalue weighted by atomic mass is 35.5. The Bertz CT molecular complexity index is 764. The van der Waals surface area contributed by atoms with Gasteiger partial charge >= 0.3 is 0 Å². The lowest BCUT2D eigenvalue weighted by molar-refractivity contribution is -0.121. The highest BCUT2D eigenvalue weighted by Gasteiger charge is 2.37. The van der Waals surface area contributed by atoms with Gasteiger partial charge in [0.2, 0.25) is 15.9 Å². The number of halogens is 1. The molecule has 1 aliphatic rings. The van der Waals surface area contributed by atoms with Crippen LogP contribution in [0.25, 0.3) is 0 Å². The number of piperidine rings is 1. The zero-order valence-electron chi connectivity index (χ0n) is 17.3. The molecule has 0 bridgehead atoms. The lowest BCUT2D eigenvalue weighted by Crippen LogP contribution is -2.49. The van der Waals surface area contributed by atoms with Gasteiger partial charge in [0.25, 0.3) is 0 Å². The second-order valence-electron chi connectivity index (χ2n) is 7.68. The molecule has 1 unspecified atom stereocenters. The van der Waals surface area contributed by atoms with E-state index in [1.165, 1.54) is 0 Å². The van der Waals surface area contributed by atoms with Gasteiger partial charge in [0, 0.05) is 38.6 Å². The first-order chi connectivity index (χ1) is 12.7. The van der Waals surface area contributed by atoms with Gasteiger partial charge in [0.15, 0.2) is 0 Å². The Morgan fingerprint density at radius 1 is 1.32 bits per heavy atom. The molecule has 0 aromatic carbocycles. The summed E-state index contributed by atoms with van der Waals surface area (Å²) in [6, 6.07) is -0.238. The fourth-order valence-corrected chi connectivity index (χ4v) is 5.71. The van der Waals surface area contributed by atoms with Crippen molar-refractivity contribution in [3.8, 4) is 0 Å². The summed E-state index contributed by atoms with van der Waals surface area (Å²) in [4.78, 5) is 12.1. The number of carbonyl (C=O) groups excluding carboxylic acids is 1. The number of sulfonamides is 1. The average Bonchev–Trinajstić information content (AvgIpc) is 2.87. The van der Waals surface area contributed by atoms with Crippen molar-refractivity contribution >= 4 is 28.3 Å². The average molecular weight is 436 g/mol. The Kier molecular flexibility index (Phi) is 9.39. The number of hydrogen-bond donors (Lipinski definition) is 2. The SMILES string of the molecule is Cc1nn(CC(C)C)c(C)c1S(=O)(=O)N1CCCCC1CNC(=O)CCN.Cl. The van der Waals surface area contributed by atoms with E-state index in [9.17, 15) is 13.2 Å². The van der Waals surface area contributed by atoms with Gasteiger partial charge in [-0.25, -0.2) is 8.42 Å². The van der Waals surface area contributed by atoms with Crippen LogP contribution < -0.4 is 11.1 Å². The topological polar surface area (TPSA) is 110 Å². The Hall–Kier alpha value is -1.16. The second-order valence-corrected chi connectivity index (χ2v) is 9.51. The van der Waals surface area contributed by atoms with Gasteiger partial charge in [-0.05, 0) is 32.6 Å². The van der Waals surface area contributed by atoms with Gasteiger partial charge in [-0.3, -0.25) is 9.48 Å². The predicted octanol–water partition coefficient (Wildman–Crippen LogP) is 1.59. The molecule has 0 saturated carbocycles. The number of carbonyl (C=O) groups is 1. The summed E-state index contributed by atoms with van der Waals surface area (Å²) < 4.78 is 30.2. The van der Waals surface area contributed by atoms with Crippen molar-refractivity contribution in [2.45, 2.75) is 70.9 Å². The van der Waals surface area contributed by atoms with Crippen LogP contribution in [0.2, 0.25) is 0 Å². The molecule has 10 heteroatoms. The summed E-state index contributed by atoms with van der Waals surface area (Å²) >= 11 is 0. The van der Waals surface area contributed by atoms with E-state index < -0.39 is 10.0 Å². The van der Waals surface area contributed by atoms with Crippen molar-refractivity contribution in [2.24, 2.45) is 11.7 Å². The third kappa shape index (κ3) is 5.68. The van der Waals surface area contributed by atoms with E-state index in [1.807, 2.05) is 6.92 Å². The summed E-state index contributed by atoms with van der Waals surface area (Å²) in [5, 5.41) is 7.28. The van der Waals surface area contributed by atoms with Crippen LogP contribution in [0.15, 0.2) is 4.90 Å². The van der Waals surface area contributed by atoms with E-state index in [0.29, 0.717) is 41.8 Å². The Labute approximate surface area is 174 Å². The van der Waals surface area contributed by atoms with E-state index in [0.717, 1.165) is 19.3 Å². The van der Waals surface area contributed by atoms with Crippen LogP contribution in [0.5, 0.6) is 0 Å². The first-order valence-electron chi connectivity index (χ1n) is 9.71. The van der Waals surface area contributed by atoms with Gasteiger partial charge in [0.1, 0.15) is 4.90 Å². The van der Waals surface area contributed by atoms with Crippen molar-refractivity contribution in [2.75, 3.05) is 19.6 Å². The molecule has 0 spiro atoms. The van der Waals surface area contributed by atoms with Gasteiger partial charge in [0.05, 0.1) is 11.4 Å². The first kappa shape index (κ1) is 24.9. The van der Waals surface area contributed by atoms with Crippen molar-refractivity contribution in [3.05, 3.63) is 11.4 Å². The molecule has 28 heavy (non-hydrogen) atoms. The second kappa shape index (κ2) is 10.6. The number of amides is 1. The number of nitrogens with zero attached hydrogens (tertiary/aromatic N) is 3. The zero-order valence-corrected chi connectivity index (χ0v) is 18.9. The molecule has 0 radical (unpaired) electrons. The number of hydrogen-bond acceptors (Lipinski definition) is 5. The van der Waals surface area contributed by atoms with Crippen molar-refractivity contribution in [3.63, 3.8) is 0 Å². The summed E-state index contributed by atoms with van der Waals surface area (Å²) in [5.41, 5.74) is 6.61. The number of rotatable bonds is 8. The number of nitrogens with one attached hydrogen (secondary N) is 1. The molecule has 162 valence electrons. The predicted molar refractivity (Wildman–Crippen MR) is 112 cm³/mol. The molecule has 1 atom stereocenters. The fourth-order valence-electron chi connectivity index (χ4n) is 3.64. The number of aromatic nitrogens is 2. The van der Waals surface area contributed by atoms with Gasteiger partial charge in [-0.2, -0.15) is 9.40 Å². The summed E-state index contributed by atoms with van der Waals surface area (Å²) in [6.07, 6.45) is 2.76. The molecule has 0 aliphatic carbocycles. The summed E-state index contributed by atoms with van der Waals surface area (Å²) in [7, 11) is -3.67. The lowest BCUT2D eigenvalue weighted by atomic mass is 10.1. The van der Waals surface area contributed by atoms with E-state index >= 15 is 0 Å². The minimum Gasteiger partial charge on any atom is -0.354 e. The maximum atomic E-state index is 13.4. The maximum absolute atomic E-state index is 13.4. The van der Waals surface area contributed by atoms with E-state index in [2.05, 4.69) is 24.3 Å². The van der Waals surface area contributed by atoms with Crippen LogP contribution in [0, 0.1) is 19.8 Å². The number of nitrogens with two attached hydrogens (primary N) is 1. The molecule has 2 rings (SSSR count). The van der Waals surface area contributed by atoms with Crippen molar-refractivity contribution in [1.29, 1.82) is 0 Å². The molecule has 1 aliphatic heterocycles. The van der Waals surface area contributed by atoms with Crippen LogP contribution in [0.1, 0.15) is 50.9 Å². The molecular formula is C18H34ClN5O3S. The Morgan fingerprint density at radius 2 is 2.00 bits per heavy atom. The van der Waals surface area contributed by atoms with E-state index in [-0.39, 0.29) is 37.3 Å². The smallest absolute Gasteiger partial charge is 0.247 e. The largest absolute Gasteiger partial charge is 0.354 e. The van der Waals surface area contributed by atoms with Crippen LogP contribution in [0.3, 0.4) is 0 Å². The standard InChI is InChI=1S/C18H33N5O3S.ClH/c1-13(2)12-22-15(4)18(14(3)21-22)27(25,26)23-10-6-5-7-16(23)11-20-17(24)8-9-19;/h13,16H,5-12,19H2,1-4H3,(H,20,24);1H. The van der Waals surface area contributed by atoms with E-state index in [1.54, 1.807) is 15.9 Å². The maximum Gasteiger partial charge on any atom is 0.247 e. The van der Waals surface area contributed by atoms with Crippen LogP contribution in [-0.4, -0.2) is 54.1 Å². The fraction of sp³-hybridized carbons (Fsp3) is 0.778. The van der Waals surface area contributed by atoms with Crippen LogP contribution >= 0.6 is 12.4 Å².